The highest BCUT2D eigenvalue weighted by molar-refractivity contribution is 6.61. The highest BCUT2D eigenvalue weighted by Crippen LogP contribution is 2.37. The first-order chi connectivity index (χ1) is 9.39. The first-order valence-electron chi connectivity index (χ1n) is 7.56. The molecule has 0 radical (unpaired) electrons. The Hall–Kier alpha value is -0.935. The largest absolute Gasteiger partial charge is 0.514 e. The number of hydrogen-bond acceptors (Lipinski definition) is 4. The van der Waals surface area contributed by atoms with Gasteiger partial charge in [-0.3, -0.25) is 0 Å². The lowest BCUT2D eigenvalue weighted by atomic mass is 9.83. The monoisotopic (exact) mass is 274 g/mol. The van der Waals surface area contributed by atoms with Crippen LogP contribution in [0.25, 0.3) is 0 Å². The number of aromatic nitrogens is 2. The first kappa shape index (κ1) is 14.0. The van der Waals surface area contributed by atoms with Crippen molar-refractivity contribution in [1.29, 1.82) is 0 Å². The summed E-state index contributed by atoms with van der Waals surface area (Å²) < 4.78 is 12.1. The van der Waals surface area contributed by atoms with Crippen molar-refractivity contribution >= 4 is 12.7 Å². The summed E-state index contributed by atoms with van der Waals surface area (Å²) >= 11 is 0. The third-order valence-electron chi connectivity index (χ3n) is 4.98. The molecule has 20 heavy (non-hydrogen) atoms. The molecule has 0 atom stereocenters. The van der Waals surface area contributed by atoms with Crippen LogP contribution in [-0.2, 0) is 9.31 Å². The van der Waals surface area contributed by atoms with E-state index < -0.39 is 0 Å². The molecule has 2 fully saturated rings. The summed E-state index contributed by atoms with van der Waals surface area (Å²) in [4.78, 5) is 8.81. The van der Waals surface area contributed by atoms with Gasteiger partial charge in [0.2, 0.25) is 0 Å². The molecule has 0 aromatic carbocycles. The Kier molecular flexibility index (Phi) is 3.37. The topological polar surface area (TPSA) is 44.2 Å². The van der Waals surface area contributed by atoms with E-state index in [2.05, 4.69) is 43.7 Å². The van der Waals surface area contributed by atoms with E-state index in [4.69, 9.17) is 9.31 Å². The van der Waals surface area contributed by atoms with Gasteiger partial charge in [-0.25, -0.2) is 9.97 Å². The molecule has 1 saturated carbocycles. The van der Waals surface area contributed by atoms with Crippen molar-refractivity contribution in [3.63, 3.8) is 0 Å². The van der Waals surface area contributed by atoms with E-state index in [0.717, 1.165) is 11.3 Å². The van der Waals surface area contributed by atoms with Gasteiger partial charge in [-0.1, -0.05) is 12.8 Å². The molecule has 4 nitrogen and oxygen atoms in total. The molecule has 5 heteroatoms. The van der Waals surface area contributed by atoms with Gasteiger partial charge in [0.05, 0.1) is 16.8 Å². The van der Waals surface area contributed by atoms with E-state index in [-0.39, 0.29) is 18.3 Å². The molecule has 0 spiro atoms. The third kappa shape index (κ3) is 2.37. The van der Waals surface area contributed by atoms with Crippen molar-refractivity contribution in [2.75, 3.05) is 0 Å². The summed E-state index contributed by atoms with van der Waals surface area (Å²) in [6.45, 7) is 8.25. The van der Waals surface area contributed by atoms with Crippen LogP contribution >= 0.6 is 0 Å². The Morgan fingerprint density at radius 2 is 1.65 bits per heavy atom. The Labute approximate surface area is 121 Å². The highest BCUT2D eigenvalue weighted by Gasteiger charge is 2.52. The van der Waals surface area contributed by atoms with Crippen molar-refractivity contribution in [1.82, 2.24) is 9.97 Å². The zero-order valence-corrected chi connectivity index (χ0v) is 12.8. The van der Waals surface area contributed by atoms with Crippen molar-refractivity contribution in [3.8, 4) is 0 Å². The Morgan fingerprint density at radius 3 is 2.25 bits per heavy atom. The number of hydrogen-bond donors (Lipinski definition) is 0. The second-order valence-corrected chi connectivity index (χ2v) is 6.94. The molecule has 1 aromatic rings. The molecule has 0 bridgehead atoms. The van der Waals surface area contributed by atoms with Gasteiger partial charge < -0.3 is 9.31 Å². The maximum Gasteiger partial charge on any atom is 0.514 e. The molecule has 2 aliphatic rings. The summed E-state index contributed by atoms with van der Waals surface area (Å²) in [7, 11) is -0.386. The lowest BCUT2D eigenvalue weighted by Crippen LogP contribution is -2.41. The molecule has 0 unspecified atom stereocenters. The van der Waals surface area contributed by atoms with Gasteiger partial charge in [0, 0.05) is 11.6 Å². The van der Waals surface area contributed by atoms with Gasteiger partial charge in [-0.15, -0.1) is 0 Å². The van der Waals surface area contributed by atoms with Crippen molar-refractivity contribution < 1.29 is 9.31 Å². The summed E-state index contributed by atoms with van der Waals surface area (Å²) in [6, 6.07) is 2.07. The molecular formula is C15H23BN2O2. The molecule has 1 aliphatic carbocycles. The smallest absolute Gasteiger partial charge is 0.398 e. The number of nitrogens with zero attached hydrogens (tertiary/aromatic N) is 2. The second-order valence-electron chi connectivity index (χ2n) is 6.94. The average molecular weight is 274 g/mol. The minimum absolute atomic E-state index is 0.323. The fraction of sp³-hybridized carbons (Fsp3) is 0.733. The van der Waals surface area contributed by atoms with Crippen LogP contribution < -0.4 is 5.59 Å². The molecule has 3 rings (SSSR count). The Morgan fingerprint density at radius 1 is 1.05 bits per heavy atom. The molecule has 0 amide bonds. The molecule has 1 aliphatic heterocycles. The molecule has 1 saturated heterocycles. The third-order valence-corrected chi connectivity index (χ3v) is 4.98. The summed E-state index contributed by atoms with van der Waals surface area (Å²) in [5.74, 6) is 0.583. The first-order valence-corrected chi connectivity index (χ1v) is 7.56. The second kappa shape index (κ2) is 4.81. The van der Waals surface area contributed by atoms with Crippen LogP contribution in [-0.4, -0.2) is 28.3 Å². The van der Waals surface area contributed by atoms with E-state index in [1.807, 2.05) is 0 Å². The molecule has 2 heterocycles. The predicted molar refractivity (Wildman–Crippen MR) is 79.0 cm³/mol. The zero-order chi connectivity index (χ0) is 14.4. The van der Waals surface area contributed by atoms with Crippen LogP contribution in [0.15, 0.2) is 12.4 Å². The van der Waals surface area contributed by atoms with Crippen LogP contribution in [0.3, 0.4) is 0 Å². The van der Waals surface area contributed by atoms with Gasteiger partial charge in [-0.05, 0) is 46.6 Å². The van der Waals surface area contributed by atoms with Gasteiger partial charge in [-0.2, -0.15) is 0 Å². The fourth-order valence-electron chi connectivity index (χ4n) is 2.93. The van der Waals surface area contributed by atoms with E-state index in [1.165, 1.54) is 25.7 Å². The van der Waals surface area contributed by atoms with Gasteiger partial charge >= 0.3 is 7.12 Å². The van der Waals surface area contributed by atoms with E-state index in [1.54, 1.807) is 6.33 Å². The van der Waals surface area contributed by atoms with Crippen molar-refractivity contribution in [3.05, 3.63) is 18.1 Å². The minimum Gasteiger partial charge on any atom is -0.398 e. The molecule has 108 valence electrons. The van der Waals surface area contributed by atoms with E-state index in [9.17, 15) is 0 Å². The minimum atomic E-state index is -0.386. The van der Waals surface area contributed by atoms with Gasteiger partial charge in [0.1, 0.15) is 6.33 Å². The van der Waals surface area contributed by atoms with E-state index >= 15 is 0 Å². The summed E-state index contributed by atoms with van der Waals surface area (Å²) in [6.07, 6.45) is 6.73. The van der Waals surface area contributed by atoms with Crippen molar-refractivity contribution in [2.24, 2.45) is 0 Å². The summed E-state index contributed by atoms with van der Waals surface area (Å²) in [5.41, 5.74) is 1.34. The van der Waals surface area contributed by atoms with Crippen molar-refractivity contribution in [2.45, 2.75) is 70.5 Å². The lowest BCUT2D eigenvalue weighted by molar-refractivity contribution is 0.00578. The fourth-order valence-corrected chi connectivity index (χ4v) is 2.93. The average Bonchev–Trinajstić information content (AvgIpc) is 2.97. The van der Waals surface area contributed by atoms with Gasteiger partial charge in [0.15, 0.2) is 0 Å². The Balaban J connectivity index is 1.83. The zero-order valence-electron chi connectivity index (χ0n) is 12.8. The van der Waals surface area contributed by atoms with Gasteiger partial charge in [0.25, 0.3) is 0 Å². The van der Waals surface area contributed by atoms with Crippen LogP contribution in [0.5, 0.6) is 0 Å². The van der Waals surface area contributed by atoms with Crippen LogP contribution in [0.4, 0.5) is 0 Å². The standard InChI is InChI=1S/C15H23BN2O2/c1-14(2)15(3,4)20-16(19-14)13-9-12(17-10-18-13)11-7-5-6-8-11/h9-11H,5-8H2,1-4H3. The maximum absolute atomic E-state index is 6.06. The number of rotatable bonds is 2. The maximum atomic E-state index is 6.06. The molecular weight excluding hydrogens is 251 g/mol. The SMILES string of the molecule is CC1(C)OB(c2cc(C3CCCC3)ncn2)OC1(C)C. The normalized spacial score (nSPS) is 25.3. The summed E-state index contributed by atoms with van der Waals surface area (Å²) in [5, 5.41) is 0. The Bertz CT molecular complexity index is 482. The molecule has 0 N–H and O–H groups in total. The van der Waals surface area contributed by atoms with Crippen LogP contribution in [0.2, 0.25) is 0 Å². The van der Waals surface area contributed by atoms with Crippen LogP contribution in [0.1, 0.15) is 65.0 Å². The highest BCUT2D eigenvalue weighted by atomic mass is 16.7. The van der Waals surface area contributed by atoms with Crippen LogP contribution in [0, 0.1) is 0 Å². The quantitative estimate of drug-likeness (QED) is 0.777. The predicted octanol–water partition coefficient (Wildman–Crippen LogP) is 2.43. The molecule has 1 aromatic heterocycles. The van der Waals surface area contributed by atoms with E-state index in [0.29, 0.717) is 5.92 Å². The lowest BCUT2D eigenvalue weighted by Gasteiger charge is -2.32.